The van der Waals surface area contributed by atoms with Gasteiger partial charge < -0.3 is 4.42 Å². The van der Waals surface area contributed by atoms with Gasteiger partial charge in [0.2, 0.25) is 5.76 Å². The summed E-state index contributed by atoms with van der Waals surface area (Å²) in [6, 6.07) is 15.5. The van der Waals surface area contributed by atoms with Crippen molar-refractivity contribution in [3.8, 4) is 0 Å². The molecule has 0 aliphatic carbocycles. The van der Waals surface area contributed by atoms with Gasteiger partial charge in [-0.2, -0.15) is 0 Å². The van der Waals surface area contributed by atoms with E-state index in [2.05, 4.69) is 4.98 Å². The summed E-state index contributed by atoms with van der Waals surface area (Å²) in [7, 11) is 0. The number of carbonyl (C=O) groups excluding carboxylic acids is 1. The summed E-state index contributed by atoms with van der Waals surface area (Å²) in [6.07, 6.45) is 1.64. The number of rotatable bonds is 2. The van der Waals surface area contributed by atoms with Gasteiger partial charge >= 0.3 is 0 Å². The largest absolute Gasteiger partial charge is 0.450 e. The number of fused-ring (bicyclic) bond motifs is 2. The van der Waals surface area contributed by atoms with E-state index in [-0.39, 0.29) is 11.2 Å². The molecule has 4 aromatic rings. The van der Waals surface area contributed by atoms with Crippen molar-refractivity contribution >= 4 is 34.3 Å². The number of pyridine rings is 1. The fourth-order valence-corrected chi connectivity index (χ4v) is 4.17. The Bertz CT molecular complexity index is 1390. The third-order valence-electron chi connectivity index (χ3n) is 5.34. The first kappa shape index (κ1) is 18.6. The van der Waals surface area contributed by atoms with Crippen molar-refractivity contribution < 1.29 is 9.21 Å². The van der Waals surface area contributed by atoms with Crippen molar-refractivity contribution in [1.82, 2.24) is 4.98 Å². The van der Waals surface area contributed by atoms with Gasteiger partial charge in [-0.1, -0.05) is 35.4 Å². The molecule has 0 saturated carbocycles. The molecule has 5 nitrogen and oxygen atoms in total. The Hall–Kier alpha value is -3.44. The first-order valence-electron chi connectivity index (χ1n) is 9.53. The lowest BCUT2D eigenvalue weighted by Gasteiger charge is -2.24. The van der Waals surface area contributed by atoms with Crippen LogP contribution in [-0.2, 0) is 0 Å². The number of aromatic nitrogens is 1. The maximum absolute atomic E-state index is 13.5. The Morgan fingerprint density at radius 2 is 1.80 bits per heavy atom. The summed E-state index contributed by atoms with van der Waals surface area (Å²) in [5.41, 5.74) is 3.09. The van der Waals surface area contributed by atoms with Gasteiger partial charge in [0.1, 0.15) is 11.4 Å². The molecule has 3 heterocycles. The lowest BCUT2D eigenvalue weighted by molar-refractivity contribution is 0.0970. The van der Waals surface area contributed by atoms with Crippen LogP contribution in [0.2, 0.25) is 5.02 Å². The van der Waals surface area contributed by atoms with Crippen molar-refractivity contribution in [2.24, 2.45) is 0 Å². The highest BCUT2D eigenvalue weighted by Crippen LogP contribution is 2.41. The molecule has 6 heteroatoms. The molecule has 0 bridgehead atoms. The van der Waals surface area contributed by atoms with Crippen LogP contribution in [0.5, 0.6) is 0 Å². The van der Waals surface area contributed by atoms with Gasteiger partial charge in [0.25, 0.3) is 5.91 Å². The number of hydrogen-bond donors (Lipinski definition) is 0. The highest BCUT2D eigenvalue weighted by molar-refractivity contribution is 6.30. The summed E-state index contributed by atoms with van der Waals surface area (Å²) in [5, 5.41) is 0.971. The average molecular weight is 417 g/mol. The van der Waals surface area contributed by atoms with Crippen LogP contribution in [0.25, 0.3) is 11.0 Å². The molecule has 0 unspecified atom stereocenters. The van der Waals surface area contributed by atoms with Crippen LogP contribution in [-0.4, -0.2) is 10.9 Å². The van der Waals surface area contributed by atoms with E-state index in [0.29, 0.717) is 27.4 Å². The third-order valence-corrected chi connectivity index (χ3v) is 5.57. The van der Waals surface area contributed by atoms with E-state index in [0.717, 1.165) is 16.7 Å². The molecule has 1 atom stereocenters. The number of halogens is 1. The Kier molecular flexibility index (Phi) is 4.22. The lowest BCUT2D eigenvalue weighted by atomic mass is 9.98. The minimum atomic E-state index is -0.679. The number of anilines is 1. The van der Waals surface area contributed by atoms with E-state index in [1.54, 1.807) is 36.5 Å². The number of hydrogen-bond acceptors (Lipinski definition) is 4. The SMILES string of the molecule is Cc1ccnc(N2C(=O)c3oc4ccc(C)cc4c(=O)c3[C@@H]2c2cccc(Cl)c2)c1. The van der Waals surface area contributed by atoms with Gasteiger partial charge in [-0.3, -0.25) is 14.5 Å². The summed E-state index contributed by atoms with van der Waals surface area (Å²) < 4.78 is 5.96. The van der Waals surface area contributed by atoms with Crippen molar-refractivity contribution in [3.63, 3.8) is 0 Å². The monoisotopic (exact) mass is 416 g/mol. The second-order valence-corrected chi connectivity index (χ2v) is 7.93. The molecule has 5 rings (SSSR count). The highest BCUT2D eigenvalue weighted by atomic mass is 35.5. The molecule has 1 aliphatic rings. The first-order valence-corrected chi connectivity index (χ1v) is 9.91. The molecular weight excluding hydrogens is 400 g/mol. The number of nitrogens with zero attached hydrogens (tertiary/aromatic N) is 2. The molecule has 1 aliphatic heterocycles. The predicted molar refractivity (Wildman–Crippen MR) is 116 cm³/mol. The van der Waals surface area contributed by atoms with Crippen LogP contribution in [0.15, 0.2) is 70.0 Å². The molecule has 2 aromatic heterocycles. The average Bonchev–Trinajstić information content (AvgIpc) is 3.01. The number of aryl methyl sites for hydroxylation is 2. The van der Waals surface area contributed by atoms with Crippen molar-refractivity contribution in [3.05, 3.63) is 104 Å². The molecule has 0 saturated heterocycles. The van der Waals surface area contributed by atoms with Crippen molar-refractivity contribution in [1.29, 1.82) is 0 Å². The van der Waals surface area contributed by atoms with Gasteiger partial charge in [0.15, 0.2) is 5.43 Å². The van der Waals surface area contributed by atoms with E-state index in [4.69, 9.17) is 16.0 Å². The van der Waals surface area contributed by atoms with Crippen LogP contribution in [0.1, 0.15) is 38.9 Å². The van der Waals surface area contributed by atoms with Gasteiger partial charge in [0.05, 0.1) is 17.0 Å². The van der Waals surface area contributed by atoms with Crippen LogP contribution in [0, 0.1) is 13.8 Å². The van der Waals surface area contributed by atoms with Gasteiger partial charge in [-0.25, -0.2) is 4.98 Å². The van der Waals surface area contributed by atoms with Crippen LogP contribution in [0.4, 0.5) is 5.82 Å². The smallest absolute Gasteiger partial charge is 0.296 e. The van der Waals surface area contributed by atoms with Gasteiger partial charge in [-0.15, -0.1) is 0 Å². The molecular formula is C24H17ClN2O3. The van der Waals surface area contributed by atoms with E-state index >= 15 is 0 Å². The van der Waals surface area contributed by atoms with Gasteiger partial charge in [-0.05, 0) is 61.4 Å². The lowest BCUT2D eigenvalue weighted by Crippen LogP contribution is -2.30. The van der Waals surface area contributed by atoms with Crippen LogP contribution < -0.4 is 10.3 Å². The fourth-order valence-electron chi connectivity index (χ4n) is 3.97. The zero-order valence-electron chi connectivity index (χ0n) is 16.3. The fraction of sp³-hybridized carbons (Fsp3) is 0.125. The second kappa shape index (κ2) is 6.82. The Labute approximate surface area is 177 Å². The summed E-state index contributed by atoms with van der Waals surface area (Å²) in [5.74, 6) is 0.105. The van der Waals surface area contributed by atoms with E-state index in [1.165, 1.54) is 4.90 Å². The Balaban J connectivity index is 1.84. The Morgan fingerprint density at radius 3 is 2.57 bits per heavy atom. The summed E-state index contributed by atoms with van der Waals surface area (Å²) >= 11 is 6.24. The van der Waals surface area contributed by atoms with Crippen molar-refractivity contribution in [2.45, 2.75) is 19.9 Å². The summed E-state index contributed by atoms with van der Waals surface area (Å²) in [4.78, 5) is 32.9. The standard InChI is InChI=1S/C24H17ClN2O3/c1-13-6-7-18-17(10-13)22(28)20-21(15-4-3-5-16(25)12-15)27(24(29)23(20)30-18)19-11-14(2)8-9-26-19/h3-12,21H,1-2H3/t21-/m0/s1. The van der Waals surface area contributed by atoms with E-state index in [1.807, 2.05) is 38.1 Å². The first-order chi connectivity index (χ1) is 14.4. The number of benzene rings is 2. The zero-order chi connectivity index (χ0) is 21.0. The van der Waals surface area contributed by atoms with Crippen molar-refractivity contribution in [2.75, 3.05) is 4.90 Å². The zero-order valence-corrected chi connectivity index (χ0v) is 17.1. The molecule has 1 amide bonds. The van der Waals surface area contributed by atoms with Crippen LogP contribution in [0.3, 0.4) is 0 Å². The minimum Gasteiger partial charge on any atom is -0.450 e. The van der Waals surface area contributed by atoms with Crippen LogP contribution >= 0.6 is 11.6 Å². The molecule has 148 valence electrons. The quantitative estimate of drug-likeness (QED) is 0.450. The molecule has 0 spiro atoms. The predicted octanol–water partition coefficient (Wildman–Crippen LogP) is 5.21. The minimum absolute atomic E-state index is 0.0460. The van der Waals surface area contributed by atoms with E-state index in [9.17, 15) is 9.59 Å². The topological polar surface area (TPSA) is 63.4 Å². The molecule has 0 N–H and O–H groups in total. The third kappa shape index (κ3) is 2.82. The van der Waals surface area contributed by atoms with E-state index < -0.39 is 11.9 Å². The molecule has 0 fully saturated rings. The second-order valence-electron chi connectivity index (χ2n) is 7.50. The normalized spacial score (nSPS) is 15.6. The highest BCUT2D eigenvalue weighted by Gasteiger charge is 2.44. The Morgan fingerprint density at radius 1 is 1.00 bits per heavy atom. The van der Waals surface area contributed by atoms with Gasteiger partial charge in [0, 0.05) is 11.2 Å². The molecule has 2 aromatic carbocycles. The number of amides is 1. The molecule has 30 heavy (non-hydrogen) atoms. The number of carbonyl (C=O) groups is 1. The maximum atomic E-state index is 13.5. The summed E-state index contributed by atoms with van der Waals surface area (Å²) in [6.45, 7) is 3.84. The molecule has 0 radical (unpaired) electrons. The maximum Gasteiger partial charge on any atom is 0.296 e.